The van der Waals surface area contributed by atoms with Crippen molar-refractivity contribution in [1.82, 2.24) is 0 Å². The van der Waals surface area contributed by atoms with Gasteiger partial charge < -0.3 is 0 Å². The third kappa shape index (κ3) is 4.22. The molecule has 0 rings (SSSR count). The standard InChI is InChI=1S/C5H14Si/c1-3-4-5-6-2/h3-6H2,1-2H3. The average molecular weight is 102 g/mol. The summed E-state index contributed by atoms with van der Waals surface area (Å²) in [6.07, 6.45) is 2.86. The van der Waals surface area contributed by atoms with Crippen LogP contribution in [0.2, 0.25) is 12.6 Å². The molecule has 0 aromatic carbocycles. The summed E-state index contributed by atoms with van der Waals surface area (Å²) in [6, 6.07) is 1.55. The van der Waals surface area contributed by atoms with E-state index in [9.17, 15) is 0 Å². The first-order valence-corrected chi connectivity index (χ1v) is 5.33. The molecule has 0 bridgehead atoms. The Morgan fingerprint density at radius 1 is 1.50 bits per heavy atom. The van der Waals surface area contributed by atoms with Crippen molar-refractivity contribution in [3.63, 3.8) is 0 Å². The van der Waals surface area contributed by atoms with E-state index in [1.165, 1.54) is 12.8 Å². The van der Waals surface area contributed by atoms with Crippen molar-refractivity contribution >= 4 is 9.52 Å². The Labute approximate surface area is 42.8 Å². The van der Waals surface area contributed by atoms with Crippen LogP contribution in [0.5, 0.6) is 0 Å². The van der Waals surface area contributed by atoms with Gasteiger partial charge in [0.05, 0.1) is 0 Å². The predicted molar refractivity (Wildman–Crippen MR) is 34.1 cm³/mol. The van der Waals surface area contributed by atoms with Crippen LogP contribution < -0.4 is 0 Å². The van der Waals surface area contributed by atoms with Gasteiger partial charge in [0, 0.05) is 9.52 Å². The lowest BCUT2D eigenvalue weighted by atomic mass is 10.4. The molecular formula is C5H14Si. The molecule has 0 atom stereocenters. The van der Waals surface area contributed by atoms with Crippen molar-refractivity contribution in [3.8, 4) is 0 Å². The molecule has 0 N–H and O–H groups in total. The second kappa shape index (κ2) is 5.22. The summed E-state index contributed by atoms with van der Waals surface area (Å²) in [4.78, 5) is 0. The molecule has 0 radical (unpaired) electrons. The molecule has 0 aromatic heterocycles. The Hall–Kier alpha value is 0.217. The molecule has 0 fully saturated rings. The van der Waals surface area contributed by atoms with Gasteiger partial charge in [-0.2, -0.15) is 0 Å². The van der Waals surface area contributed by atoms with E-state index in [1.54, 1.807) is 6.04 Å². The van der Waals surface area contributed by atoms with Gasteiger partial charge in [-0.05, 0) is 0 Å². The molecule has 0 nitrogen and oxygen atoms in total. The van der Waals surface area contributed by atoms with E-state index in [1.807, 2.05) is 0 Å². The van der Waals surface area contributed by atoms with Gasteiger partial charge in [-0.1, -0.05) is 32.4 Å². The monoisotopic (exact) mass is 102 g/mol. The summed E-state index contributed by atoms with van der Waals surface area (Å²) < 4.78 is 0. The Morgan fingerprint density at radius 3 is 2.33 bits per heavy atom. The summed E-state index contributed by atoms with van der Waals surface area (Å²) in [5.74, 6) is 0. The largest absolute Gasteiger partial charge is 0.0748 e. The fraction of sp³-hybridized carbons (Fsp3) is 1.00. The van der Waals surface area contributed by atoms with Gasteiger partial charge >= 0.3 is 0 Å². The van der Waals surface area contributed by atoms with Crippen LogP contribution in [-0.2, 0) is 0 Å². The second-order valence-electron chi connectivity index (χ2n) is 1.71. The summed E-state index contributed by atoms with van der Waals surface area (Å²) in [7, 11) is 0.403. The van der Waals surface area contributed by atoms with E-state index in [0.717, 1.165) is 0 Å². The maximum atomic E-state index is 2.37. The van der Waals surface area contributed by atoms with Crippen molar-refractivity contribution in [1.29, 1.82) is 0 Å². The van der Waals surface area contributed by atoms with E-state index in [4.69, 9.17) is 0 Å². The molecule has 0 unspecified atom stereocenters. The minimum atomic E-state index is 0.403. The van der Waals surface area contributed by atoms with Crippen LogP contribution in [-0.4, -0.2) is 9.52 Å². The van der Waals surface area contributed by atoms with E-state index >= 15 is 0 Å². The minimum Gasteiger partial charge on any atom is -0.0748 e. The van der Waals surface area contributed by atoms with Crippen LogP contribution in [0, 0.1) is 0 Å². The molecule has 1 heteroatoms. The van der Waals surface area contributed by atoms with Crippen LogP contribution in [0.3, 0.4) is 0 Å². The first-order chi connectivity index (χ1) is 2.91. The molecular weight excluding hydrogens is 88.1 g/mol. The number of hydrogen-bond donors (Lipinski definition) is 0. The highest BCUT2D eigenvalue weighted by Gasteiger charge is 1.76. The van der Waals surface area contributed by atoms with Crippen LogP contribution >= 0.6 is 0 Å². The summed E-state index contributed by atoms with van der Waals surface area (Å²) in [5.41, 5.74) is 0. The molecule has 0 saturated heterocycles. The molecule has 0 heterocycles. The summed E-state index contributed by atoms with van der Waals surface area (Å²) >= 11 is 0. The smallest absolute Gasteiger partial charge is 0.0166 e. The van der Waals surface area contributed by atoms with Crippen molar-refractivity contribution < 1.29 is 0 Å². The van der Waals surface area contributed by atoms with Gasteiger partial charge in [-0.3, -0.25) is 0 Å². The zero-order valence-electron chi connectivity index (χ0n) is 4.83. The van der Waals surface area contributed by atoms with Gasteiger partial charge in [-0.25, -0.2) is 0 Å². The highest BCUT2D eigenvalue weighted by molar-refractivity contribution is 6.33. The van der Waals surface area contributed by atoms with E-state index < -0.39 is 0 Å². The molecule has 0 amide bonds. The Balaban J connectivity index is 2.34. The quantitative estimate of drug-likeness (QED) is 0.373. The topological polar surface area (TPSA) is 0 Å². The lowest BCUT2D eigenvalue weighted by Crippen LogP contribution is -1.76. The Kier molecular flexibility index (Phi) is 5.41. The van der Waals surface area contributed by atoms with Gasteiger partial charge in [0.2, 0.25) is 0 Å². The van der Waals surface area contributed by atoms with Crippen molar-refractivity contribution in [3.05, 3.63) is 0 Å². The van der Waals surface area contributed by atoms with Crippen molar-refractivity contribution in [2.24, 2.45) is 0 Å². The normalized spacial score (nSPS) is 11.0. The lowest BCUT2D eigenvalue weighted by Gasteiger charge is -1.85. The zero-order chi connectivity index (χ0) is 4.83. The summed E-state index contributed by atoms with van der Waals surface area (Å²) in [6.45, 7) is 4.62. The van der Waals surface area contributed by atoms with E-state index in [-0.39, 0.29) is 0 Å². The summed E-state index contributed by atoms with van der Waals surface area (Å²) in [5, 5.41) is 0. The highest BCUT2D eigenvalue weighted by Crippen LogP contribution is 1.90. The third-order valence-electron chi connectivity index (χ3n) is 0.957. The first-order valence-electron chi connectivity index (χ1n) is 2.91. The van der Waals surface area contributed by atoms with Crippen molar-refractivity contribution in [2.45, 2.75) is 32.4 Å². The first kappa shape index (κ1) is 6.22. The van der Waals surface area contributed by atoms with E-state index in [0.29, 0.717) is 9.52 Å². The van der Waals surface area contributed by atoms with E-state index in [2.05, 4.69) is 13.5 Å². The number of unbranched alkanes of at least 4 members (excludes halogenated alkanes) is 1. The van der Waals surface area contributed by atoms with Crippen molar-refractivity contribution in [2.75, 3.05) is 0 Å². The Morgan fingerprint density at radius 2 is 2.17 bits per heavy atom. The number of rotatable bonds is 3. The fourth-order valence-electron chi connectivity index (χ4n) is 0.500. The highest BCUT2D eigenvalue weighted by atomic mass is 28.2. The Bertz CT molecular complexity index is 15.9. The maximum Gasteiger partial charge on any atom is 0.0166 e. The molecule has 0 aliphatic rings. The van der Waals surface area contributed by atoms with Gasteiger partial charge in [-0.15, -0.1) is 0 Å². The lowest BCUT2D eigenvalue weighted by molar-refractivity contribution is 0.880. The van der Waals surface area contributed by atoms with Crippen LogP contribution in [0.4, 0.5) is 0 Å². The molecule has 6 heavy (non-hydrogen) atoms. The SMILES string of the molecule is CCCC[SiH2]C. The molecule has 0 spiro atoms. The van der Waals surface area contributed by atoms with Gasteiger partial charge in [0.1, 0.15) is 0 Å². The number of hydrogen-bond acceptors (Lipinski definition) is 0. The minimum absolute atomic E-state index is 0.403. The molecule has 0 aromatic rings. The molecule has 0 aliphatic carbocycles. The van der Waals surface area contributed by atoms with Crippen LogP contribution in [0.15, 0.2) is 0 Å². The molecule has 0 saturated carbocycles. The van der Waals surface area contributed by atoms with Crippen LogP contribution in [0.25, 0.3) is 0 Å². The van der Waals surface area contributed by atoms with Gasteiger partial charge in [0.25, 0.3) is 0 Å². The third-order valence-corrected chi connectivity index (χ3v) is 2.16. The average Bonchev–Trinajstić information content (AvgIpc) is 1.61. The zero-order valence-corrected chi connectivity index (χ0v) is 6.24. The molecule has 0 aliphatic heterocycles. The predicted octanol–water partition coefficient (Wildman–Crippen LogP) is 1.42. The second-order valence-corrected chi connectivity index (χ2v) is 3.41. The molecule has 38 valence electrons. The maximum absolute atomic E-state index is 2.37. The fourth-order valence-corrected chi connectivity index (χ4v) is 1.50. The van der Waals surface area contributed by atoms with Gasteiger partial charge in [0.15, 0.2) is 0 Å². The van der Waals surface area contributed by atoms with Crippen LogP contribution in [0.1, 0.15) is 19.8 Å².